The molecule has 2 aromatic heterocycles. The van der Waals surface area contributed by atoms with Crippen molar-refractivity contribution in [1.29, 1.82) is 0 Å². The number of rotatable bonds is 15. The average Bonchev–Trinajstić information content (AvgIpc) is 3.55. The van der Waals surface area contributed by atoms with Gasteiger partial charge in [0.1, 0.15) is 31.6 Å². The summed E-state index contributed by atoms with van der Waals surface area (Å²) in [6, 6.07) is 12.4. The molecule has 15 heteroatoms. The Morgan fingerprint density at radius 3 is 2.55 bits per heavy atom. The van der Waals surface area contributed by atoms with Crippen molar-refractivity contribution in [3.63, 3.8) is 0 Å². The molecule has 4 aromatic rings. The highest BCUT2D eigenvalue weighted by atomic mass is 16.7. The van der Waals surface area contributed by atoms with Crippen LogP contribution in [0.2, 0.25) is 0 Å². The quantitative estimate of drug-likeness (QED) is 0.0871. The highest BCUT2D eigenvalue weighted by Crippen LogP contribution is 2.42. The van der Waals surface area contributed by atoms with Gasteiger partial charge in [-0.1, -0.05) is 26.0 Å². The molecule has 2 aliphatic rings. The van der Waals surface area contributed by atoms with Gasteiger partial charge < -0.3 is 45.0 Å². The zero-order valence-corrected chi connectivity index (χ0v) is 31.1. The van der Waals surface area contributed by atoms with Crippen LogP contribution < -0.4 is 21.9 Å². The second-order valence-electron chi connectivity index (χ2n) is 13.4. The van der Waals surface area contributed by atoms with Crippen molar-refractivity contribution in [3.05, 3.63) is 86.7 Å². The van der Waals surface area contributed by atoms with Crippen molar-refractivity contribution >= 4 is 40.5 Å². The first-order valence-electron chi connectivity index (χ1n) is 18.4. The topological polar surface area (TPSA) is 210 Å². The Bertz CT molecular complexity index is 2180. The van der Waals surface area contributed by atoms with Gasteiger partial charge in [-0.3, -0.25) is 14.4 Å². The number of phenolic OH excluding ortho intramolecular Hbond substituents is 1. The number of phenols is 1. The van der Waals surface area contributed by atoms with E-state index in [0.717, 1.165) is 16.5 Å². The van der Waals surface area contributed by atoms with Crippen LogP contribution in [0.25, 0.3) is 22.3 Å². The summed E-state index contributed by atoms with van der Waals surface area (Å²) in [6.07, 6.45) is 1.19. The molecule has 0 fully saturated rings. The summed E-state index contributed by atoms with van der Waals surface area (Å²) < 4.78 is 23.4. The fourth-order valence-corrected chi connectivity index (χ4v) is 7.13. The summed E-state index contributed by atoms with van der Waals surface area (Å²) in [5.41, 5.74) is 8.18. The van der Waals surface area contributed by atoms with Gasteiger partial charge in [0.2, 0.25) is 17.4 Å². The Balaban J connectivity index is 1.17. The number of aromatic nitrogens is 2. The smallest absolute Gasteiger partial charge is 0.508 e. The van der Waals surface area contributed by atoms with Gasteiger partial charge in [0.15, 0.2) is 0 Å². The molecule has 55 heavy (non-hydrogen) atoms. The number of nitrogens with two attached hydrogens (primary N) is 1. The number of pyridine rings is 2. The minimum Gasteiger partial charge on any atom is -0.508 e. The maximum absolute atomic E-state index is 14.0. The van der Waals surface area contributed by atoms with Gasteiger partial charge in [-0.15, -0.1) is 0 Å². The summed E-state index contributed by atoms with van der Waals surface area (Å²) in [7, 11) is 0. The van der Waals surface area contributed by atoms with E-state index in [2.05, 4.69) is 10.6 Å². The van der Waals surface area contributed by atoms with E-state index in [-0.39, 0.29) is 55.2 Å². The average molecular weight is 756 g/mol. The number of cyclic esters (lactones) is 1. The van der Waals surface area contributed by atoms with Crippen LogP contribution in [-0.4, -0.2) is 64.4 Å². The lowest BCUT2D eigenvalue weighted by Gasteiger charge is -2.35. The summed E-state index contributed by atoms with van der Waals surface area (Å²) in [5.74, 6) is -1.51. The van der Waals surface area contributed by atoms with Gasteiger partial charge in [0.05, 0.1) is 29.0 Å². The maximum Gasteiger partial charge on any atom is 0.510 e. The number of anilines is 1. The van der Waals surface area contributed by atoms with E-state index < -0.39 is 35.6 Å². The number of aromatic hydroxyl groups is 1. The highest BCUT2D eigenvalue weighted by Gasteiger charge is 2.51. The molecule has 15 nitrogen and oxygen atoms in total. The summed E-state index contributed by atoms with van der Waals surface area (Å²) in [4.78, 5) is 70.9. The van der Waals surface area contributed by atoms with Crippen molar-refractivity contribution in [1.82, 2.24) is 14.9 Å². The largest absolute Gasteiger partial charge is 0.510 e. The number of nitrogens with zero attached hydrogens (tertiary/aromatic N) is 2. The van der Waals surface area contributed by atoms with E-state index in [1.165, 1.54) is 0 Å². The predicted molar refractivity (Wildman–Crippen MR) is 201 cm³/mol. The lowest BCUT2D eigenvalue weighted by atomic mass is 9.85. The normalized spacial score (nSPS) is 16.0. The Kier molecular flexibility index (Phi) is 11.8. The SMILES string of the molecule is CCOCC(=O)NC(CCCCN)C(=O)Nc1ccc(COC(=O)OC2(CC)C(=O)OCc3c2cc2n(c3=O)Cc3c-2nc2ccc(O)cc2c3CC)cc1. The number of nitrogens with one attached hydrogen (secondary N) is 2. The number of esters is 1. The molecule has 2 aromatic carbocycles. The third kappa shape index (κ3) is 7.89. The Morgan fingerprint density at radius 2 is 1.84 bits per heavy atom. The van der Waals surface area contributed by atoms with Crippen LogP contribution >= 0.6 is 0 Å². The van der Waals surface area contributed by atoms with Crippen LogP contribution in [-0.2, 0) is 65.1 Å². The molecule has 4 heterocycles. The van der Waals surface area contributed by atoms with Gasteiger partial charge in [-0.2, -0.15) is 0 Å². The molecule has 0 radical (unpaired) electrons. The number of unbranched alkanes of at least 4 members (excludes halogenated alkanes) is 1. The van der Waals surface area contributed by atoms with Crippen LogP contribution in [0.4, 0.5) is 10.5 Å². The van der Waals surface area contributed by atoms with Gasteiger partial charge in [-0.25, -0.2) is 14.6 Å². The van der Waals surface area contributed by atoms with Crippen molar-refractivity contribution in [2.24, 2.45) is 5.73 Å². The van der Waals surface area contributed by atoms with Gasteiger partial charge in [-0.05, 0) is 93.1 Å². The number of fused-ring (bicyclic) bond motifs is 5. The summed E-state index contributed by atoms with van der Waals surface area (Å²) in [6.45, 7) is 5.83. The molecule has 290 valence electrons. The first-order chi connectivity index (χ1) is 26.5. The van der Waals surface area contributed by atoms with Crippen molar-refractivity contribution in [2.75, 3.05) is 25.1 Å². The third-order valence-electron chi connectivity index (χ3n) is 9.98. The molecule has 0 aliphatic carbocycles. The molecular weight excluding hydrogens is 710 g/mol. The molecule has 2 aliphatic heterocycles. The second kappa shape index (κ2) is 16.7. The Hall–Kier alpha value is -5.80. The number of amides is 2. The van der Waals surface area contributed by atoms with E-state index >= 15 is 0 Å². The zero-order chi connectivity index (χ0) is 39.3. The summed E-state index contributed by atoms with van der Waals surface area (Å²) >= 11 is 0. The fraction of sp³-hybridized carbons (Fsp3) is 0.400. The van der Waals surface area contributed by atoms with E-state index in [9.17, 15) is 29.1 Å². The molecule has 0 spiro atoms. The third-order valence-corrected chi connectivity index (χ3v) is 9.98. The minimum atomic E-state index is -1.95. The number of hydrogen-bond acceptors (Lipinski definition) is 12. The molecule has 2 atom stereocenters. The number of hydrogen-bond donors (Lipinski definition) is 4. The van der Waals surface area contributed by atoms with Crippen LogP contribution in [0.3, 0.4) is 0 Å². The number of benzene rings is 2. The van der Waals surface area contributed by atoms with E-state index in [1.54, 1.807) is 66.9 Å². The van der Waals surface area contributed by atoms with Gasteiger partial charge in [0, 0.05) is 28.8 Å². The van der Waals surface area contributed by atoms with Crippen molar-refractivity contribution in [2.45, 2.75) is 84.3 Å². The highest BCUT2D eigenvalue weighted by molar-refractivity contribution is 5.97. The van der Waals surface area contributed by atoms with Crippen LogP contribution in [0.1, 0.15) is 74.3 Å². The molecular formula is C40H45N5O10. The van der Waals surface area contributed by atoms with Gasteiger partial charge >= 0.3 is 12.1 Å². The van der Waals surface area contributed by atoms with Crippen LogP contribution in [0.15, 0.2) is 53.3 Å². The van der Waals surface area contributed by atoms with Crippen LogP contribution in [0, 0.1) is 0 Å². The second-order valence-corrected chi connectivity index (χ2v) is 13.4. The summed E-state index contributed by atoms with van der Waals surface area (Å²) in [5, 5.41) is 16.5. The van der Waals surface area contributed by atoms with Crippen molar-refractivity contribution in [3.8, 4) is 17.1 Å². The van der Waals surface area contributed by atoms with E-state index in [0.29, 0.717) is 67.0 Å². The van der Waals surface area contributed by atoms with Crippen molar-refractivity contribution < 1.29 is 43.2 Å². The number of aryl methyl sites for hydroxylation is 1. The lowest BCUT2D eigenvalue weighted by Crippen LogP contribution is -2.47. The number of ether oxygens (including phenoxy) is 4. The predicted octanol–water partition coefficient (Wildman–Crippen LogP) is 4.30. The molecule has 0 saturated carbocycles. The standard InChI is InChI=1S/C40H45N5O10/c1-4-26-27-17-25(46)14-15-31(27)44-35-28(26)19-45-33(35)18-30-29(37(45)49)21-53-38(50)40(30,5-2)55-39(51)54-20-23-10-12-24(13-11-23)42-36(48)32(9-7-8-16-41)43-34(47)22-52-6-3/h10-15,17-18,32,46H,4-9,16,19-22,41H2,1-3H3,(H,42,48)(H,43,47). The molecule has 5 N–H and O–H groups in total. The Labute approximate surface area is 317 Å². The molecule has 6 rings (SSSR count). The fourth-order valence-electron chi connectivity index (χ4n) is 7.13. The molecule has 2 unspecified atom stereocenters. The minimum absolute atomic E-state index is 0.0397. The first-order valence-corrected chi connectivity index (χ1v) is 18.4. The van der Waals surface area contributed by atoms with Gasteiger partial charge in [0.25, 0.3) is 5.56 Å². The molecule has 0 saturated heterocycles. The molecule has 2 amide bonds. The van der Waals surface area contributed by atoms with E-state index in [1.807, 2.05) is 6.92 Å². The molecule has 0 bridgehead atoms. The maximum atomic E-state index is 14.0. The number of carbonyl (C=O) groups is 4. The lowest BCUT2D eigenvalue weighted by molar-refractivity contribution is -0.175. The zero-order valence-electron chi connectivity index (χ0n) is 31.1. The monoisotopic (exact) mass is 755 g/mol. The first kappa shape index (κ1) is 38.9. The van der Waals surface area contributed by atoms with Crippen LogP contribution in [0.5, 0.6) is 5.75 Å². The Morgan fingerprint density at radius 1 is 1.05 bits per heavy atom. The number of carbonyl (C=O) groups excluding carboxylic acids is 4. The van der Waals surface area contributed by atoms with E-state index in [4.69, 9.17) is 29.7 Å².